The van der Waals surface area contributed by atoms with Crippen LogP contribution in [0, 0.1) is 0 Å². The van der Waals surface area contributed by atoms with Crippen LogP contribution in [0.3, 0.4) is 0 Å². The zero-order chi connectivity index (χ0) is 22.4. The number of nitrogens with two attached hydrogens (primary N) is 2. The number of thiol groups is 1. The van der Waals surface area contributed by atoms with Crippen molar-refractivity contribution in [2.24, 2.45) is 11.5 Å². The Kier molecular flexibility index (Phi) is 13.4. The molecule has 0 aromatic heterocycles. The standard InChI is InChI=1S/C16H29N5O7S/c17-6-2-1-3-9(18)14(25)19-7-12(22)20-10(4-5-13(23)24)15(26)21-11(8-29)16(27)28/h9-11,29H,1-8,17-18H2,(H,19,25)(H,20,22)(H,21,26)(H,23,24)(H,27,28). The Morgan fingerprint density at radius 3 is 2.10 bits per heavy atom. The highest BCUT2D eigenvalue weighted by atomic mass is 32.1. The van der Waals surface area contributed by atoms with Crippen LogP contribution >= 0.6 is 12.6 Å². The molecule has 9 N–H and O–H groups in total. The maximum Gasteiger partial charge on any atom is 0.327 e. The molecule has 13 heteroatoms. The quantitative estimate of drug-likeness (QED) is 0.0998. The fourth-order valence-corrected chi connectivity index (χ4v) is 2.43. The summed E-state index contributed by atoms with van der Waals surface area (Å²) in [5.41, 5.74) is 11.1. The number of carboxylic acid groups (broad SMARTS) is 2. The maximum absolute atomic E-state index is 12.2. The summed E-state index contributed by atoms with van der Waals surface area (Å²) in [7, 11) is 0. The lowest BCUT2D eigenvalue weighted by molar-refractivity contribution is -0.142. The molecule has 0 rings (SSSR count). The first-order valence-electron chi connectivity index (χ1n) is 9.00. The summed E-state index contributed by atoms with van der Waals surface area (Å²) in [6, 6.07) is -3.41. The molecule has 3 unspecified atom stereocenters. The summed E-state index contributed by atoms with van der Waals surface area (Å²) < 4.78 is 0. The van der Waals surface area contributed by atoms with Crippen molar-refractivity contribution >= 4 is 42.3 Å². The van der Waals surface area contributed by atoms with Crippen molar-refractivity contribution in [3.05, 3.63) is 0 Å². The summed E-state index contributed by atoms with van der Waals surface area (Å²) in [5.74, 6) is -4.89. The smallest absolute Gasteiger partial charge is 0.327 e. The van der Waals surface area contributed by atoms with Gasteiger partial charge in [0.2, 0.25) is 17.7 Å². The van der Waals surface area contributed by atoms with Gasteiger partial charge in [0, 0.05) is 12.2 Å². The Morgan fingerprint density at radius 1 is 0.931 bits per heavy atom. The minimum atomic E-state index is -1.33. The first kappa shape index (κ1) is 26.6. The van der Waals surface area contributed by atoms with Gasteiger partial charge in [-0.2, -0.15) is 12.6 Å². The molecule has 0 aromatic rings. The molecule has 3 amide bonds. The summed E-state index contributed by atoms with van der Waals surface area (Å²) in [5, 5.41) is 24.5. The van der Waals surface area contributed by atoms with Crippen LogP contribution in [0.25, 0.3) is 0 Å². The van der Waals surface area contributed by atoms with Gasteiger partial charge in [-0.1, -0.05) is 6.42 Å². The lowest BCUT2D eigenvalue weighted by Crippen LogP contribution is -2.54. The Bertz CT molecular complexity index is 590. The van der Waals surface area contributed by atoms with Crippen molar-refractivity contribution in [3.63, 3.8) is 0 Å². The summed E-state index contributed by atoms with van der Waals surface area (Å²) in [6.07, 6.45) is 1.07. The molecule has 0 saturated heterocycles. The molecule has 0 fully saturated rings. The molecule has 12 nitrogen and oxygen atoms in total. The predicted molar refractivity (Wildman–Crippen MR) is 106 cm³/mol. The van der Waals surface area contributed by atoms with Gasteiger partial charge in [-0.05, 0) is 25.8 Å². The van der Waals surface area contributed by atoms with Gasteiger partial charge in [0.15, 0.2) is 0 Å². The van der Waals surface area contributed by atoms with Gasteiger partial charge >= 0.3 is 11.9 Å². The molecule has 0 saturated carbocycles. The van der Waals surface area contributed by atoms with E-state index in [0.29, 0.717) is 25.8 Å². The van der Waals surface area contributed by atoms with E-state index < -0.39 is 60.8 Å². The van der Waals surface area contributed by atoms with Crippen LogP contribution in [0.15, 0.2) is 0 Å². The number of rotatable bonds is 15. The number of hydrogen-bond donors (Lipinski definition) is 8. The number of hydrogen-bond acceptors (Lipinski definition) is 8. The molecule has 0 aliphatic heterocycles. The predicted octanol–water partition coefficient (Wildman–Crippen LogP) is -2.59. The van der Waals surface area contributed by atoms with Crippen molar-refractivity contribution in [2.75, 3.05) is 18.8 Å². The SMILES string of the molecule is NCCCCC(N)C(=O)NCC(=O)NC(CCC(=O)O)C(=O)NC(CS)C(=O)O. The highest BCUT2D eigenvalue weighted by Crippen LogP contribution is 2.01. The third kappa shape index (κ3) is 11.9. The second kappa shape index (κ2) is 14.6. The number of aliphatic carboxylic acids is 2. The zero-order valence-corrected chi connectivity index (χ0v) is 16.8. The second-order valence-electron chi connectivity index (χ2n) is 6.24. The van der Waals surface area contributed by atoms with Gasteiger partial charge in [0.05, 0.1) is 12.6 Å². The first-order valence-corrected chi connectivity index (χ1v) is 9.64. The number of carbonyl (C=O) groups is 5. The van der Waals surface area contributed by atoms with Crippen LogP contribution in [0.4, 0.5) is 0 Å². The lowest BCUT2D eigenvalue weighted by Gasteiger charge is -2.20. The number of carbonyl (C=O) groups excluding carboxylic acids is 3. The molecule has 3 atom stereocenters. The fourth-order valence-electron chi connectivity index (χ4n) is 2.18. The van der Waals surface area contributed by atoms with E-state index in [1.54, 1.807) is 0 Å². The summed E-state index contributed by atoms with van der Waals surface area (Å²) in [6.45, 7) is 0.00168. The topological polar surface area (TPSA) is 214 Å². The van der Waals surface area contributed by atoms with E-state index in [1.165, 1.54) is 0 Å². The number of nitrogens with one attached hydrogen (secondary N) is 3. The Hall–Kier alpha value is -2.38. The largest absolute Gasteiger partial charge is 0.481 e. The van der Waals surface area contributed by atoms with E-state index in [0.717, 1.165) is 0 Å². The van der Waals surface area contributed by atoms with Crippen LogP contribution in [0.2, 0.25) is 0 Å². The van der Waals surface area contributed by atoms with Crippen LogP contribution in [0.1, 0.15) is 32.1 Å². The molecule has 0 aliphatic carbocycles. The Morgan fingerprint density at radius 2 is 1.59 bits per heavy atom. The highest BCUT2D eigenvalue weighted by Gasteiger charge is 2.26. The molecular formula is C16H29N5O7S. The van der Waals surface area contributed by atoms with E-state index in [1.807, 2.05) is 0 Å². The van der Waals surface area contributed by atoms with E-state index >= 15 is 0 Å². The molecule has 0 spiro atoms. The van der Waals surface area contributed by atoms with Crippen molar-refractivity contribution in [3.8, 4) is 0 Å². The first-order chi connectivity index (χ1) is 13.6. The van der Waals surface area contributed by atoms with Crippen molar-refractivity contribution < 1.29 is 34.2 Å². The molecule has 0 radical (unpaired) electrons. The molecule has 0 aliphatic rings. The van der Waals surface area contributed by atoms with E-state index in [-0.39, 0.29) is 12.2 Å². The fraction of sp³-hybridized carbons (Fsp3) is 0.688. The average Bonchev–Trinajstić information content (AvgIpc) is 2.66. The molecular weight excluding hydrogens is 406 g/mol. The Labute approximate surface area is 173 Å². The van der Waals surface area contributed by atoms with Gasteiger partial charge in [-0.15, -0.1) is 0 Å². The molecule has 0 bridgehead atoms. The molecule has 0 aromatic carbocycles. The second-order valence-corrected chi connectivity index (χ2v) is 6.61. The molecule has 29 heavy (non-hydrogen) atoms. The van der Waals surface area contributed by atoms with Crippen molar-refractivity contribution in [1.82, 2.24) is 16.0 Å². The van der Waals surface area contributed by atoms with Crippen LogP contribution in [-0.2, 0) is 24.0 Å². The van der Waals surface area contributed by atoms with E-state index in [2.05, 4.69) is 28.6 Å². The van der Waals surface area contributed by atoms with Gasteiger partial charge in [0.25, 0.3) is 0 Å². The monoisotopic (exact) mass is 435 g/mol. The average molecular weight is 436 g/mol. The zero-order valence-electron chi connectivity index (χ0n) is 15.9. The highest BCUT2D eigenvalue weighted by molar-refractivity contribution is 7.80. The third-order valence-corrected chi connectivity index (χ3v) is 4.19. The van der Waals surface area contributed by atoms with Crippen LogP contribution in [0.5, 0.6) is 0 Å². The normalized spacial score (nSPS) is 13.6. The van der Waals surface area contributed by atoms with Gasteiger partial charge < -0.3 is 37.6 Å². The molecule has 0 heterocycles. The minimum absolute atomic E-state index is 0.196. The number of unbranched alkanes of at least 4 members (excludes halogenated alkanes) is 1. The minimum Gasteiger partial charge on any atom is -0.481 e. The van der Waals surface area contributed by atoms with E-state index in [9.17, 15) is 24.0 Å². The van der Waals surface area contributed by atoms with E-state index in [4.69, 9.17) is 21.7 Å². The maximum atomic E-state index is 12.2. The van der Waals surface area contributed by atoms with Crippen molar-refractivity contribution in [1.29, 1.82) is 0 Å². The van der Waals surface area contributed by atoms with Gasteiger partial charge in [0.1, 0.15) is 12.1 Å². The summed E-state index contributed by atoms with van der Waals surface area (Å²) >= 11 is 3.81. The Balaban J connectivity index is 4.74. The van der Waals surface area contributed by atoms with Crippen LogP contribution < -0.4 is 27.4 Å². The summed E-state index contributed by atoms with van der Waals surface area (Å²) in [4.78, 5) is 57.9. The number of amides is 3. The van der Waals surface area contributed by atoms with Gasteiger partial charge in [-0.3, -0.25) is 19.2 Å². The lowest BCUT2D eigenvalue weighted by atomic mass is 10.1. The van der Waals surface area contributed by atoms with Crippen molar-refractivity contribution in [2.45, 2.75) is 50.2 Å². The number of carboxylic acids is 2. The molecule has 166 valence electrons. The van der Waals surface area contributed by atoms with Gasteiger partial charge in [-0.25, -0.2) is 4.79 Å². The van der Waals surface area contributed by atoms with Crippen LogP contribution in [-0.4, -0.2) is 76.8 Å². The third-order valence-electron chi connectivity index (χ3n) is 3.82.